The van der Waals surface area contributed by atoms with Crippen molar-refractivity contribution in [1.82, 2.24) is 0 Å². The first-order valence-corrected chi connectivity index (χ1v) is 9.91. The van der Waals surface area contributed by atoms with Crippen molar-refractivity contribution in [3.05, 3.63) is 63.1 Å². The number of ether oxygens (including phenoxy) is 1. The lowest BCUT2D eigenvalue weighted by atomic mass is 10.2. The van der Waals surface area contributed by atoms with Crippen molar-refractivity contribution in [2.75, 3.05) is 17.7 Å². The topological polar surface area (TPSA) is 55.4 Å². The molecule has 0 saturated carbocycles. The van der Waals surface area contributed by atoms with Gasteiger partial charge in [0.25, 0.3) is 0 Å². The van der Waals surface area contributed by atoms with E-state index in [2.05, 4.69) is 21.2 Å². The first-order chi connectivity index (χ1) is 12.0. The lowest BCUT2D eigenvalue weighted by Crippen LogP contribution is -2.14. The van der Waals surface area contributed by atoms with E-state index in [1.54, 1.807) is 25.1 Å². The third-order valence-corrected chi connectivity index (χ3v) is 5.01. The molecule has 0 heterocycles. The number of carbonyl (C=O) groups is 2. The number of amides is 1. The molecule has 132 valence electrons. The highest BCUT2D eigenvalue weighted by atomic mass is 79.9. The van der Waals surface area contributed by atoms with Crippen molar-refractivity contribution in [2.45, 2.75) is 12.7 Å². The van der Waals surface area contributed by atoms with Gasteiger partial charge in [0.1, 0.15) is 0 Å². The number of hydrogen-bond acceptors (Lipinski definition) is 4. The number of halogens is 2. The number of anilines is 1. The highest BCUT2D eigenvalue weighted by Crippen LogP contribution is 2.22. The monoisotopic (exact) mass is 441 g/mol. The summed E-state index contributed by atoms with van der Waals surface area (Å²) in [7, 11) is 0. The number of carbonyl (C=O) groups excluding carboxylic acids is 2. The van der Waals surface area contributed by atoms with Crippen LogP contribution in [0, 0.1) is 0 Å². The molecule has 25 heavy (non-hydrogen) atoms. The average molecular weight is 443 g/mol. The van der Waals surface area contributed by atoms with Gasteiger partial charge in [0.15, 0.2) is 0 Å². The van der Waals surface area contributed by atoms with Crippen molar-refractivity contribution in [1.29, 1.82) is 0 Å². The molecule has 0 fully saturated rings. The predicted octanol–water partition coefficient (Wildman–Crippen LogP) is 5.15. The molecule has 7 heteroatoms. The normalized spacial score (nSPS) is 10.4. The Hall–Kier alpha value is -1.50. The van der Waals surface area contributed by atoms with Gasteiger partial charge in [0, 0.05) is 15.9 Å². The van der Waals surface area contributed by atoms with Crippen LogP contribution in [0.4, 0.5) is 5.69 Å². The van der Waals surface area contributed by atoms with E-state index in [4.69, 9.17) is 16.3 Å². The Bertz CT molecular complexity index is 752. The SMILES string of the molecule is CCOC(=O)c1ccc(NC(=O)CSCc2ccc(Br)cc2)cc1Cl. The highest BCUT2D eigenvalue weighted by molar-refractivity contribution is 9.10. The van der Waals surface area contributed by atoms with E-state index < -0.39 is 5.97 Å². The molecule has 0 saturated heterocycles. The number of nitrogens with one attached hydrogen (secondary N) is 1. The molecule has 4 nitrogen and oxygen atoms in total. The van der Waals surface area contributed by atoms with Gasteiger partial charge in [-0.05, 0) is 42.8 Å². The van der Waals surface area contributed by atoms with Crippen LogP contribution in [0.15, 0.2) is 46.9 Å². The van der Waals surface area contributed by atoms with E-state index in [-0.39, 0.29) is 23.1 Å². The zero-order valence-corrected chi connectivity index (χ0v) is 16.7. The zero-order chi connectivity index (χ0) is 18.2. The van der Waals surface area contributed by atoms with Gasteiger partial charge in [0.2, 0.25) is 5.91 Å². The summed E-state index contributed by atoms with van der Waals surface area (Å²) in [6.45, 7) is 2.01. The van der Waals surface area contributed by atoms with E-state index in [0.29, 0.717) is 11.4 Å². The van der Waals surface area contributed by atoms with Crippen LogP contribution in [0.5, 0.6) is 0 Å². The van der Waals surface area contributed by atoms with E-state index in [0.717, 1.165) is 15.8 Å². The summed E-state index contributed by atoms with van der Waals surface area (Å²) in [5.41, 5.74) is 1.99. The van der Waals surface area contributed by atoms with Crippen LogP contribution in [0.3, 0.4) is 0 Å². The summed E-state index contributed by atoms with van der Waals surface area (Å²) in [6, 6.07) is 12.7. The Morgan fingerprint density at radius 3 is 2.56 bits per heavy atom. The smallest absolute Gasteiger partial charge is 0.339 e. The van der Waals surface area contributed by atoms with Crippen LogP contribution in [0.2, 0.25) is 5.02 Å². The maximum atomic E-state index is 12.0. The minimum atomic E-state index is -0.476. The van der Waals surface area contributed by atoms with Gasteiger partial charge in [-0.1, -0.05) is 39.7 Å². The summed E-state index contributed by atoms with van der Waals surface area (Å²) in [5.74, 6) is 0.480. The van der Waals surface area contributed by atoms with Crippen LogP contribution >= 0.6 is 39.3 Å². The molecule has 2 rings (SSSR count). The Kier molecular flexibility index (Phi) is 7.81. The molecule has 0 radical (unpaired) electrons. The molecule has 2 aromatic rings. The first kappa shape index (κ1) is 19.8. The van der Waals surface area contributed by atoms with Crippen LogP contribution in [-0.2, 0) is 15.3 Å². The second-order valence-electron chi connectivity index (χ2n) is 5.08. The van der Waals surface area contributed by atoms with E-state index >= 15 is 0 Å². The van der Waals surface area contributed by atoms with Gasteiger partial charge in [-0.25, -0.2) is 4.79 Å². The number of hydrogen-bond donors (Lipinski definition) is 1. The van der Waals surface area contributed by atoms with Gasteiger partial charge in [0.05, 0.1) is 22.9 Å². The molecule has 0 aromatic heterocycles. The minimum Gasteiger partial charge on any atom is -0.462 e. The zero-order valence-electron chi connectivity index (χ0n) is 13.6. The van der Waals surface area contributed by atoms with Crippen molar-refractivity contribution in [2.24, 2.45) is 0 Å². The van der Waals surface area contributed by atoms with E-state index in [1.807, 2.05) is 24.3 Å². The third-order valence-electron chi connectivity index (χ3n) is 3.16. The number of esters is 1. The molecule has 0 spiro atoms. The fourth-order valence-corrected chi connectivity index (χ4v) is 3.32. The van der Waals surface area contributed by atoms with Crippen molar-refractivity contribution >= 4 is 56.9 Å². The predicted molar refractivity (Wildman–Crippen MR) is 106 cm³/mol. The second kappa shape index (κ2) is 9.85. The fraction of sp³-hybridized carbons (Fsp3) is 0.222. The molecule has 0 aliphatic heterocycles. The molecule has 1 N–H and O–H groups in total. The third kappa shape index (κ3) is 6.38. The van der Waals surface area contributed by atoms with Crippen LogP contribution in [0.25, 0.3) is 0 Å². The van der Waals surface area contributed by atoms with Gasteiger partial charge in [-0.3, -0.25) is 4.79 Å². The van der Waals surface area contributed by atoms with Crippen molar-refractivity contribution in [3.8, 4) is 0 Å². The molecule has 1 amide bonds. The lowest BCUT2D eigenvalue weighted by Gasteiger charge is -2.08. The van der Waals surface area contributed by atoms with Gasteiger partial charge in [-0.2, -0.15) is 0 Å². The molecular weight excluding hydrogens is 426 g/mol. The summed E-state index contributed by atoms with van der Waals surface area (Å²) >= 11 is 11.0. The van der Waals surface area contributed by atoms with Crippen LogP contribution in [0.1, 0.15) is 22.8 Å². The van der Waals surface area contributed by atoms with Gasteiger partial charge in [-0.15, -0.1) is 11.8 Å². The van der Waals surface area contributed by atoms with Gasteiger partial charge >= 0.3 is 5.97 Å². The summed E-state index contributed by atoms with van der Waals surface area (Å²) < 4.78 is 5.94. The lowest BCUT2D eigenvalue weighted by molar-refractivity contribution is -0.113. The maximum absolute atomic E-state index is 12.0. The second-order valence-corrected chi connectivity index (χ2v) is 7.39. The van der Waals surface area contributed by atoms with Crippen molar-refractivity contribution < 1.29 is 14.3 Å². The Labute approximate surface area is 164 Å². The molecule has 2 aromatic carbocycles. The summed E-state index contributed by atoms with van der Waals surface area (Å²) in [6.07, 6.45) is 0. The van der Waals surface area contributed by atoms with E-state index in [9.17, 15) is 9.59 Å². The summed E-state index contributed by atoms with van der Waals surface area (Å²) in [4.78, 5) is 23.7. The number of rotatable bonds is 7. The van der Waals surface area contributed by atoms with Crippen LogP contribution in [-0.4, -0.2) is 24.2 Å². The molecule has 0 aliphatic rings. The first-order valence-electron chi connectivity index (χ1n) is 7.58. The average Bonchev–Trinajstić information content (AvgIpc) is 2.57. The largest absolute Gasteiger partial charge is 0.462 e. The van der Waals surface area contributed by atoms with Crippen LogP contribution < -0.4 is 5.32 Å². The number of thioether (sulfide) groups is 1. The van der Waals surface area contributed by atoms with E-state index in [1.165, 1.54) is 11.8 Å². The molecule has 0 aliphatic carbocycles. The Balaban J connectivity index is 1.84. The molecular formula is C18H17BrClNO3S. The quantitative estimate of drug-likeness (QED) is 0.602. The molecule has 0 unspecified atom stereocenters. The Morgan fingerprint density at radius 1 is 1.20 bits per heavy atom. The fourth-order valence-electron chi connectivity index (χ4n) is 2.01. The Morgan fingerprint density at radius 2 is 1.92 bits per heavy atom. The number of benzene rings is 2. The standard InChI is InChI=1S/C18H17BrClNO3S/c1-2-24-18(23)15-8-7-14(9-16(15)20)21-17(22)11-25-10-12-3-5-13(19)6-4-12/h3-9H,2,10-11H2,1H3,(H,21,22). The van der Waals surface area contributed by atoms with Gasteiger partial charge < -0.3 is 10.1 Å². The highest BCUT2D eigenvalue weighted by Gasteiger charge is 2.12. The maximum Gasteiger partial charge on any atom is 0.339 e. The minimum absolute atomic E-state index is 0.123. The molecule has 0 atom stereocenters. The molecule has 0 bridgehead atoms. The summed E-state index contributed by atoms with van der Waals surface area (Å²) in [5, 5.41) is 3.02. The van der Waals surface area contributed by atoms with Crippen molar-refractivity contribution in [3.63, 3.8) is 0 Å².